The quantitative estimate of drug-likeness (QED) is 0.831. The summed E-state index contributed by atoms with van der Waals surface area (Å²) in [6, 6.07) is 3.17. The van der Waals surface area contributed by atoms with Crippen LogP contribution in [0.5, 0.6) is 5.88 Å². The minimum Gasteiger partial charge on any atom is -0.480 e. The molecule has 0 bridgehead atoms. The molecule has 1 aromatic rings. The van der Waals surface area contributed by atoms with Crippen LogP contribution in [-0.2, 0) is 4.79 Å². The summed E-state index contributed by atoms with van der Waals surface area (Å²) >= 11 is 0. The van der Waals surface area contributed by atoms with Crippen LogP contribution in [-0.4, -0.2) is 46.1 Å². The summed E-state index contributed by atoms with van der Waals surface area (Å²) in [6.07, 6.45) is 5.60. The number of nitrogens with zero attached hydrogens (tertiary/aromatic N) is 2. The second kappa shape index (κ2) is 7.06. The summed E-state index contributed by atoms with van der Waals surface area (Å²) in [4.78, 5) is 28.6. The molecule has 1 heterocycles. The van der Waals surface area contributed by atoms with Crippen LogP contribution in [0.15, 0.2) is 18.3 Å². The Morgan fingerprint density at radius 3 is 2.81 bits per heavy atom. The Labute approximate surface area is 123 Å². The Hall–Kier alpha value is -2.11. The monoisotopic (exact) mass is 292 g/mol. The molecule has 1 aliphatic carbocycles. The third-order valence-electron chi connectivity index (χ3n) is 3.43. The normalized spacial score (nSPS) is 14.3. The number of amides is 1. The zero-order valence-electron chi connectivity index (χ0n) is 12.1. The molecular formula is C15H20N2O4. The summed E-state index contributed by atoms with van der Waals surface area (Å²) in [5, 5.41) is 8.89. The van der Waals surface area contributed by atoms with Crippen molar-refractivity contribution >= 4 is 11.9 Å². The van der Waals surface area contributed by atoms with Gasteiger partial charge in [0.05, 0.1) is 0 Å². The molecule has 1 saturated carbocycles. The number of pyridine rings is 1. The highest BCUT2D eigenvalue weighted by molar-refractivity contribution is 5.96. The van der Waals surface area contributed by atoms with Gasteiger partial charge in [-0.25, -0.2) is 4.98 Å². The Balaban J connectivity index is 2.08. The van der Waals surface area contributed by atoms with Gasteiger partial charge in [-0.1, -0.05) is 6.92 Å². The van der Waals surface area contributed by atoms with E-state index in [1.807, 2.05) is 6.92 Å². The zero-order chi connectivity index (χ0) is 15.2. The number of carbonyl (C=O) groups is 2. The molecule has 1 fully saturated rings. The van der Waals surface area contributed by atoms with E-state index in [1.54, 1.807) is 12.1 Å². The van der Waals surface area contributed by atoms with Crippen LogP contribution in [0, 0.1) is 0 Å². The lowest BCUT2D eigenvalue weighted by Crippen LogP contribution is -2.36. The maximum Gasteiger partial charge on any atom is 0.323 e. The number of aromatic nitrogens is 1. The van der Waals surface area contributed by atoms with Gasteiger partial charge >= 0.3 is 5.97 Å². The van der Waals surface area contributed by atoms with Crippen molar-refractivity contribution in [1.82, 2.24) is 9.88 Å². The lowest BCUT2D eigenvalue weighted by molar-refractivity contribution is -0.137. The van der Waals surface area contributed by atoms with Crippen molar-refractivity contribution < 1.29 is 19.4 Å². The first-order chi connectivity index (χ1) is 10.1. The van der Waals surface area contributed by atoms with Crippen molar-refractivity contribution in [2.45, 2.75) is 38.7 Å². The van der Waals surface area contributed by atoms with E-state index in [0.717, 1.165) is 19.3 Å². The van der Waals surface area contributed by atoms with Crippen molar-refractivity contribution in [2.24, 2.45) is 0 Å². The fraction of sp³-hybridized carbons (Fsp3) is 0.533. The van der Waals surface area contributed by atoms with E-state index in [2.05, 4.69) is 4.98 Å². The predicted octanol–water partition coefficient (Wildman–Crippen LogP) is 1.95. The smallest absolute Gasteiger partial charge is 0.323 e. The van der Waals surface area contributed by atoms with Gasteiger partial charge in [-0.3, -0.25) is 9.59 Å². The Morgan fingerprint density at radius 1 is 1.48 bits per heavy atom. The van der Waals surface area contributed by atoms with Crippen molar-refractivity contribution in [2.75, 3.05) is 13.1 Å². The minimum atomic E-state index is -1.02. The number of carboxylic acids is 1. The molecule has 114 valence electrons. The summed E-state index contributed by atoms with van der Waals surface area (Å²) in [5.41, 5.74) is 0.411. The number of carbonyl (C=O) groups excluding carboxylic acids is 1. The Bertz CT molecular complexity index is 514. The van der Waals surface area contributed by atoms with Crippen LogP contribution in [0.1, 0.15) is 43.0 Å². The highest BCUT2D eigenvalue weighted by Crippen LogP contribution is 2.24. The van der Waals surface area contributed by atoms with Gasteiger partial charge in [0.2, 0.25) is 5.88 Å². The van der Waals surface area contributed by atoms with E-state index in [9.17, 15) is 9.59 Å². The second-order valence-corrected chi connectivity index (χ2v) is 5.17. The van der Waals surface area contributed by atoms with E-state index in [0.29, 0.717) is 24.4 Å². The predicted molar refractivity (Wildman–Crippen MR) is 76.3 cm³/mol. The number of hydrogen-bond acceptors (Lipinski definition) is 4. The molecule has 0 aromatic carbocycles. The van der Waals surface area contributed by atoms with Gasteiger partial charge in [-0.15, -0.1) is 0 Å². The highest BCUT2D eigenvalue weighted by Gasteiger charge is 2.21. The average molecular weight is 292 g/mol. The van der Waals surface area contributed by atoms with E-state index in [-0.39, 0.29) is 18.6 Å². The van der Waals surface area contributed by atoms with Crippen molar-refractivity contribution in [3.63, 3.8) is 0 Å². The first-order valence-corrected chi connectivity index (χ1v) is 7.24. The molecule has 0 atom stereocenters. The topological polar surface area (TPSA) is 79.7 Å². The molecule has 1 aromatic heterocycles. The van der Waals surface area contributed by atoms with Gasteiger partial charge in [0.1, 0.15) is 12.6 Å². The first kappa shape index (κ1) is 15.3. The van der Waals surface area contributed by atoms with E-state index >= 15 is 0 Å². The first-order valence-electron chi connectivity index (χ1n) is 7.24. The van der Waals surface area contributed by atoms with Gasteiger partial charge in [0, 0.05) is 24.4 Å². The largest absolute Gasteiger partial charge is 0.480 e. The number of hydrogen-bond donors (Lipinski definition) is 1. The zero-order valence-corrected chi connectivity index (χ0v) is 12.1. The SMILES string of the molecule is CCCN(CC(=O)O)C(=O)c1ccnc(OC2CCC2)c1. The molecule has 0 saturated heterocycles. The molecule has 0 aliphatic heterocycles. The molecule has 0 unspecified atom stereocenters. The van der Waals surface area contributed by atoms with Gasteiger partial charge < -0.3 is 14.7 Å². The van der Waals surface area contributed by atoms with Crippen molar-refractivity contribution in [1.29, 1.82) is 0 Å². The number of rotatable bonds is 7. The molecule has 1 amide bonds. The fourth-order valence-electron chi connectivity index (χ4n) is 2.13. The fourth-order valence-corrected chi connectivity index (χ4v) is 2.13. The lowest BCUT2D eigenvalue weighted by atomic mass is 9.96. The number of carboxylic acid groups (broad SMARTS) is 1. The minimum absolute atomic E-state index is 0.189. The molecule has 1 N–H and O–H groups in total. The number of aliphatic carboxylic acids is 1. The Kier molecular flexibility index (Phi) is 5.14. The molecule has 6 nitrogen and oxygen atoms in total. The standard InChI is InChI=1S/C15H20N2O4/c1-2-8-17(10-14(18)19)15(20)11-6-7-16-13(9-11)21-12-4-3-5-12/h6-7,9,12H,2-5,8,10H2,1H3,(H,18,19). The van der Waals surface area contributed by atoms with Crippen LogP contribution >= 0.6 is 0 Å². The van der Waals surface area contributed by atoms with Crippen LogP contribution < -0.4 is 4.74 Å². The summed E-state index contributed by atoms with van der Waals surface area (Å²) in [5.74, 6) is -0.894. The maximum atomic E-state index is 12.4. The van der Waals surface area contributed by atoms with Gasteiger partial charge in [-0.2, -0.15) is 0 Å². The Morgan fingerprint density at radius 2 is 2.24 bits per heavy atom. The molecule has 21 heavy (non-hydrogen) atoms. The highest BCUT2D eigenvalue weighted by atomic mass is 16.5. The van der Waals surface area contributed by atoms with Crippen LogP contribution in [0.25, 0.3) is 0 Å². The van der Waals surface area contributed by atoms with E-state index in [4.69, 9.17) is 9.84 Å². The number of ether oxygens (including phenoxy) is 1. The molecule has 6 heteroatoms. The molecule has 0 radical (unpaired) electrons. The van der Waals surface area contributed by atoms with Crippen LogP contribution in [0.4, 0.5) is 0 Å². The molecular weight excluding hydrogens is 272 g/mol. The molecule has 1 aliphatic rings. The van der Waals surface area contributed by atoms with Crippen molar-refractivity contribution in [3.8, 4) is 5.88 Å². The summed E-state index contributed by atoms with van der Waals surface area (Å²) in [6.45, 7) is 2.01. The molecule has 0 spiro atoms. The maximum absolute atomic E-state index is 12.4. The average Bonchev–Trinajstić information content (AvgIpc) is 2.41. The summed E-state index contributed by atoms with van der Waals surface area (Å²) < 4.78 is 5.66. The lowest BCUT2D eigenvalue weighted by Gasteiger charge is -2.26. The van der Waals surface area contributed by atoms with Crippen LogP contribution in [0.2, 0.25) is 0 Å². The summed E-state index contributed by atoms with van der Waals surface area (Å²) in [7, 11) is 0. The van der Waals surface area contributed by atoms with Gasteiger partial charge in [0.15, 0.2) is 0 Å². The third-order valence-corrected chi connectivity index (χ3v) is 3.43. The molecule has 2 rings (SSSR count). The van der Waals surface area contributed by atoms with Gasteiger partial charge in [-0.05, 0) is 31.7 Å². The third kappa shape index (κ3) is 4.18. The van der Waals surface area contributed by atoms with E-state index in [1.165, 1.54) is 11.1 Å². The van der Waals surface area contributed by atoms with Crippen molar-refractivity contribution in [3.05, 3.63) is 23.9 Å². The van der Waals surface area contributed by atoms with E-state index < -0.39 is 5.97 Å². The van der Waals surface area contributed by atoms with Crippen LogP contribution in [0.3, 0.4) is 0 Å². The second-order valence-electron chi connectivity index (χ2n) is 5.17. The van der Waals surface area contributed by atoms with Gasteiger partial charge in [0.25, 0.3) is 5.91 Å².